The molecule has 1 N–H and O–H groups in total. The molecule has 0 aliphatic carbocycles. The standard InChI is InChI=1S/C23H22ClIN2O4S/c1-15-4-8-19(9-5-15)32(29,30)27(21-13-17(24)6-11-22(21)31-3)14-23(28)26-20-10-7-18(25)12-16(20)2/h4-13H,14H2,1-3H3,(H,26,28). The molecular formula is C23H22ClIN2O4S. The summed E-state index contributed by atoms with van der Waals surface area (Å²) in [4.78, 5) is 13.0. The average Bonchev–Trinajstić information content (AvgIpc) is 2.74. The summed E-state index contributed by atoms with van der Waals surface area (Å²) in [5.41, 5.74) is 2.58. The number of sulfonamides is 1. The minimum atomic E-state index is -4.09. The Kier molecular flexibility index (Phi) is 7.68. The van der Waals surface area contributed by atoms with Crippen LogP contribution < -0.4 is 14.4 Å². The van der Waals surface area contributed by atoms with Gasteiger partial charge >= 0.3 is 0 Å². The lowest BCUT2D eigenvalue weighted by molar-refractivity contribution is -0.114. The highest BCUT2D eigenvalue weighted by Gasteiger charge is 2.30. The van der Waals surface area contributed by atoms with Gasteiger partial charge in [-0.25, -0.2) is 8.42 Å². The molecule has 0 spiro atoms. The molecule has 1 amide bonds. The fourth-order valence-electron chi connectivity index (χ4n) is 3.08. The fourth-order valence-corrected chi connectivity index (χ4v) is 5.32. The number of ether oxygens (including phenoxy) is 1. The van der Waals surface area contributed by atoms with Gasteiger partial charge in [0, 0.05) is 14.3 Å². The number of amides is 1. The van der Waals surface area contributed by atoms with Crippen LogP contribution in [0.25, 0.3) is 0 Å². The second kappa shape index (κ2) is 10.1. The van der Waals surface area contributed by atoms with Crippen molar-refractivity contribution in [3.8, 4) is 5.75 Å². The van der Waals surface area contributed by atoms with Crippen LogP contribution >= 0.6 is 34.2 Å². The van der Waals surface area contributed by atoms with Gasteiger partial charge in [-0.1, -0.05) is 29.3 Å². The maximum Gasteiger partial charge on any atom is 0.264 e. The Balaban J connectivity index is 2.03. The lowest BCUT2D eigenvalue weighted by Crippen LogP contribution is -2.38. The van der Waals surface area contributed by atoms with Crippen molar-refractivity contribution in [2.75, 3.05) is 23.3 Å². The number of methoxy groups -OCH3 is 1. The molecule has 168 valence electrons. The summed E-state index contributed by atoms with van der Waals surface area (Å²) in [6.07, 6.45) is 0. The van der Waals surface area contributed by atoms with E-state index in [0.29, 0.717) is 10.7 Å². The van der Waals surface area contributed by atoms with E-state index < -0.39 is 22.5 Å². The molecule has 0 bridgehead atoms. The maximum atomic E-state index is 13.6. The largest absolute Gasteiger partial charge is 0.495 e. The topological polar surface area (TPSA) is 75.7 Å². The first-order valence-corrected chi connectivity index (χ1v) is 12.5. The van der Waals surface area contributed by atoms with E-state index in [4.69, 9.17) is 16.3 Å². The molecule has 0 saturated carbocycles. The molecule has 0 aliphatic heterocycles. The van der Waals surface area contributed by atoms with E-state index in [0.717, 1.165) is 19.0 Å². The molecule has 6 nitrogen and oxygen atoms in total. The summed E-state index contributed by atoms with van der Waals surface area (Å²) < 4.78 is 34.6. The first-order valence-electron chi connectivity index (χ1n) is 9.61. The Morgan fingerprint density at radius 2 is 1.75 bits per heavy atom. The van der Waals surface area contributed by atoms with E-state index in [1.807, 2.05) is 26.0 Å². The van der Waals surface area contributed by atoms with Gasteiger partial charge < -0.3 is 10.1 Å². The number of nitrogens with zero attached hydrogens (tertiary/aromatic N) is 1. The number of carbonyl (C=O) groups is 1. The molecule has 0 radical (unpaired) electrons. The number of hydrogen-bond acceptors (Lipinski definition) is 4. The van der Waals surface area contributed by atoms with Crippen molar-refractivity contribution in [3.63, 3.8) is 0 Å². The highest BCUT2D eigenvalue weighted by Crippen LogP contribution is 2.35. The zero-order valence-electron chi connectivity index (χ0n) is 17.7. The van der Waals surface area contributed by atoms with Crippen LogP contribution in [0.15, 0.2) is 65.6 Å². The molecular weight excluding hydrogens is 563 g/mol. The van der Waals surface area contributed by atoms with Crippen LogP contribution in [0.1, 0.15) is 11.1 Å². The summed E-state index contributed by atoms with van der Waals surface area (Å²) in [6.45, 7) is 3.28. The predicted molar refractivity (Wildman–Crippen MR) is 136 cm³/mol. The first-order chi connectivity index (χ1) is 15.1. The summed E-state index contributed by atoms with van der Waals surface area (Å²) in [7, 11) is -2.66. The van der Waals surface area contributed by atoms with Gasteiger partial charge in [-0.05, 0) is 90.5 Å². The van der Waals surface area contributed by atoms with Crippen molar-refractivity contribution in [3.05, 3.63) is 80.4 Å². The Morgan fingerprint density at radius 3 is 2.38 bits per heavy atom. The molecule has 0 unspecified atom stereocenters. The third-order valence-electron chi connectivity index (χ3n) is 4.77. The molecule has 0 atom stereocenters. The van der Waals surface area contributed by atoms with Crippen molar-refractivity contribution < 1.29 is 17.9 Å². The molecule has 32 heavy (non-hydrogen) atoms. The molecule has 0 heterocycles. The number of rotatable bonds is 7. The fraction of sp³-hybridized carbons (Fsp3) is 0.174. The van der Waals surface area contributed by atoms with Gasteiger partial charge in [-0.3, -0.25) is 9.10 Å². The number of hydrogen-bond donors (Lipinski definition) is 1. The second-order valence-electron chi connectivity index (χ2n) is 7.15. The number of carbonyl (C=O) groups excluding carboxylic acids is 1. The number of anilines is 2. The van der Waals surface area contributed by atoms with E-state index >= 15 is 0 Å². The minimum Gasteiger partial charge on any atom is -0.495 e. The molecule has 0 fully saturated rings. The number of halogens is 2. The van der Waals surface area contributed by atoms with Gasteiger partial charge in [0.2, 0.25) is 5.91 Å². The molecule has 0 aromatic heterocycles. The van der Waals surface area contributed by atoms with E-state index in [9.17, 15) is 13.2 Å². The van der Waals surface area contributed by atoms with Crippen LogP contribution in [-0.4, -0.2) is 28.0 Å². The number of aryl methyl sites for hydroxylation is 2. The third-order valence-corrected chi connectivity index (χ3v) is 7.45. The Labute approximate surface area is 206 Å². The molecule has 3 aromatic carbocycles. The Hall–Kier alpha value is -2.30. The zero-order chi connectivity index (χ0) is 23.5. The summed E-state index contributed by atoms with van der Waals surface area (Å²) in [5, 5.41) is 3.12. The highest BCUT2D eigenvalue weighted by molar-refractivity contribution is 14.1. The van der Waals surface area contributed by atoms with Crippen molar-refractivity contribution in [1.82, 2.24) is 0 Å². The van der Waals surface area contributed by atoms with Gasteiger partial charge in [0.25, 0.3) is 10.0 Å². The maximum absolute atomic E-state index is 13.6. The average molecular weight is 585 g/mol. The third kappa shape index (κ3) is 5.54. The van der Waals surface area contributed by atoms with Gasteiger partial charge in [-0.2, -0.15) is 0 Å². The molecule has 3 aromatic rings. The van der Waals surface area contributed by atoms with Crippen molar-refractivity contribution in [2.45, 2.75) is 18.7 Å². The second-order valence-corrected chi connectivity index (χ2v) is 10.7. The molecule has 0 aliphatic rings. The van der Waals surface area contributed by atoms with Gasteiger partial charge in [-0.15, -0.1) is 0 Å². The number of nitrogens with one attached hydrogen (secondary N) is 1. The van der Waals surface area contributed by atoms with Crippen LogP contribution in [0.5, 0.6) is 5.75 Å². The highest BCUT2D eigenvalue weighted by atomic mass is 127. The van der Waals surface area contributed by atoms with Crippen molar-refractivity contribution >= 4 is 61.5 Å². The summed E-state index contributed by atoms with van der Waals surface area (Å²) in [6, 6.07) is 16.6. The Bertz CT molecular complexity index is 1250. The molecule has 9 heteroatoms. The van der Waals surface area contributed by atoms with Crippen LogP contribution in [0.2, 0.25) is 5.02 Å². The molecule has 0 saturated heterocycles. The Morgan fingerprint density at radius 1 is 1.06 bits per heavy atom. The quantitative estimate of drug-likeness (QED) is 0.377. The van der Waals surface area contributed by atoms with Crippen LogP contribution in [0.3, 0.4) is 0 Å². The smallest absolute Gasteiger partial charge is 0.264 e. The van der Waals surface area contributed by atoms with E-state index in [-0.39, 0.29) is 16.3 Å². The normalized spacial score (nSPS) is 11.2. The van der Waals surface area contributed by atoms with Crippen LogP contribution in [-0.2, 0) is 14.8 Å². The van der Waals surface area contributed by atoms with Crippen LogP contribution in [0.4, 0.5) is 11.4 Å². The SMILES string of the molecule is COc1ccc(Cl)cc1N(CC(=O)Nc1ccc(I)cc1C)S(=O)(=O)c1ccc(C)cc1. The predicted octanol–water partition coefficient (Wildman–Crippen LogP) is 5.40. The summed E-state index contributed by atoms with van der Waals surface area (Å²) >= 11 is 8.35. The van der Waals surface area contributed by atoms with Gasteiger partial charge in [0.1, 0.15) is 12.3 Å². The van der Waals surface area contributed by atoms with E-state index in [1.54, 1.807) is 30.3 Å². The van der Waals surface area contributed by atoms with E-state index in [2.05, 4.69) is 27.9 Å². The monoisotopic (exact) mass is 584 g/mol. The summed E-state index contributed by atoms with van der Waals surface area (Å²) in [5.74, 6) is -0.213. The van der Waals surface area contributed by atoms with Gasteiger partial charge in [0.15, 0.2) is 0 Å². The van der Waals surface area contributed by atoms with Crippen LogP contribution in [0, 0.1) is 17.4 Å². The first kappa shape index (κ1) is 24.3. The number of benzene rings is 3. The van der Waals surface area contributed by atoms with E-state index in [1.165, 1.54) is 25.3 Å². The van der Waals surface area contributed by atoms with Crippen molar-refractivity contribution in [1.29, 1.82) is 0 Å². The molecule has 3 rings (SSSR count). The minimum absolute atomic E-state index is 0.0587. The lowest BCUT2D eigenvalue weighted by atomic mass is 10.2. The lowest BCUT2D eigenvalue weighted by Gasteiger charge is -2.26. The zero-order valence-corrected chi connectivity index (χ0v) is 21.5. The van der Waals surface area contributed by atoms with Gasteiger partial charge in [0.05, 0.1) is 17.7 Å². The van der Waals surface area contributed by atoms with Crippen molar-refractivity contribution in [2.24, 2.45) is 0 Å².